The predicted octanol–water partition coefficient (Wildman–Crippen LogP) is 4.90. The number of aryl methyl sites for hydroxylation is 1. The molecule has 170 valence electrons. The van der Waals surface area contributed by atoms with E-state index >= 15 is 0 Å². The van der Waals surface area contributed by atoms with Gasteiger partial charge in [0.25, 0.3) is 11.7 Å². The van der Waals surface area contributed by atoms with Crippen LogP contribution in [0.5, 0.6) is 5.75 Å². The third-order valence-electron chi connectivity index (χ3n) is 5.47. The zero-order chi connectivity index (χ0) is 23.3. The average molecular weight is 458 g/mol. The van der Waals surface area contributed by atoms with Crippen molar-refractivity contribution in [1.82, 2.24) is 4.90 Å². The Morgan fingerprint density at radius 1 is 1.12 bits per heavy atom. The van der Waals surface area contributed by atoms with Gasteiger partial charge in [0.15, 0.2) is 0 Å². The number of aliphatic hydroxyl groups excluding tert-OH is 1. The fourth-order valence-electron chi connectivity index (χ4n) is 3.73. The van der Waals surface area contributed by atoms with Crippen molar-refractivity contribution in [2.24, 2.45) is 0 Å². The number of carbonyl (C=O) groups is 2. The average Bonchev–Trinajstić information content (AvgIpc) is 3.03. The lowest BCUT2D eigenvalue weighted by Crippen LogP contribution is -2.32. The van der Waals surface area contributed by atoms with E-state index in [4.69, 9.17) is 21.1 Å². The number of aliphatic hydroxyl groups is 1. The first-order chi connectivity index (χ1) is 15.4. The lowest BCUT2D eigenvalue weighted by molar-refractivity contribution is -0.140. The molecule has 1 aliphatic heterocycles. The van der Waals surface area contributed by atoms with Gasteiger partial charge in [-0.1, -0.05) is 37.1 Å². The number of halogens is 1. The van der Waals surface area contributed by atoms with Gasteiger partial charge in [0, 0.05) is 24.2 Å². The number of Topliss-reactive ketones (excluding diaryl/α,β-unsaturated/α-hetero) is 1. The van der Waals surface area contributed by atoms with Crippen LogP contribution in [0.2, 0.25) is 5.02 Å². The van der Waals surface area contributed by atoms with Crippen LogP contribution in [0.25, 0.3) is 5.76 Å². The van der Waals surface area contributed by atoms with Gasteiger partial charge in [-0.2, -0.15) is 0 Å². The molecular weight excluding hydrogens is 430 g/mol. The molecule has 0 spiro atoms. The van der Waals surface area contributed by atoms with Gasteiger partial charge in [0.2, 0.25) is 0 Å². The molecule has 3 rings (SSSR count). The predicted molar refractivity (Wildman–Crippen MR) is 124 cm³/mol. The van der Waals surface area contributed by atoms with Crippen LogP contribution in [0.1, 0.15) is 42.5 Å². The minimum absolute atomic E-state index is 0.0486. The zero-order valence-corrected chi connectivity index (χ0v) is 19.3. The molecule has 1 fully saturated rings. The van der Waals surface area contributed by atoms with E-state index < -0.39 is 17.7 Å². The first kappa shape index (κ1) is 23.8. The Bertz CT molecular complexity index is 1020. The maximum Gasteiger partial charge on any atom is 0.295 e. The molecule has 1 aliphatic rings. The molecule has 0 saturated carbocycles. The van der Waals surface area contributed by atoms with Crippen molar-refractivity contribution in [3.05, 3.63) is 69.8 Å². The molecule has 0 aromatic heterocycles. The van der Waals surface area contributed by atoms with Gasteiger partial charge in [-0.3, -0.25) is 9.59 Å². The third kappa shape index (κ3) is 4.97. The summed E-state index contributed by atoms with van der Waals surface area (Å²) in [6, 6.07) is 11.4. The Morgan fingerprint density at radius 3 is 2.47 bits per heavy atom. The number of amides is 1. The van der Waals surface area contributed by atoms with Gasteiger partial charge in [-0.25, -0.2) is 0 Å². The van der Waals surface area contributed by atoms with Crippen LogP contribution in [-0.4, -0.2) is 48.6 Å². The van der Waals surface area contributed by atoms with Gasteiger partial charge in [-0.05, 0) is 54.8 Å². The monoisotopic (exact) mass is 457 g/mol. The molecule has 2 aromatic carbocycles. The number of carbonyl (C=O) groups excluding carboxylic acids is 2. The number of unbranched alkanes of at least 4 members (excludes halogenated alkanes) is 1. The van der Waals surface area contributed by atoms with E-state index in [1.165, 1.54) is 12.0 Å². The molecule has 32 heavy (non-hydrogen) atoms. The minimum Gasteiger partial charge on any atom is -0.507 e. The molecule has 1 N–H and O–H groups in total. The normalized spacial score (nSPS) is 17.8. The molecule has 0 radical (unpaired) electrons. The first-order valence-corrected chi connectivity index (χ1v) is 11.0. The van der Waals surface area contributed by atoms with Crippen LogP contribution in [0.3, 0.4) is 0 Å². The SMILES string of the molecule is CCCCOc1ccc(/C(O)=C2\C(=O)C(=O)N(CCOC)[C@H]2c2ccc(Cl)cc2)cc1C. The number of ether oxygens (including phenoxy) is 2. The molecular formula is C25H28ClNO5. The molecule has 0 bridgehead atoms. The summed E-state index contributed by atoms with van der Waals surface area (Å²) in [5.74, 6) is -0.879. The van der Waals surface area contributed by atoms with E-state index in [-0.39, 0.29) is 24.5 Å². The second kappa shape index (κ2) is 10.7. The number of hydrogen-bond donors (Lipinski definition) is 1. The third-order valence-corrected chi connectivity index (χ3v) is 5.72. The Labute approximate surface area is 193 Å². The lowest BCUT2D eigenvalue weighted by atomic mass is 9.95. The number of rotatable bonds is 9. The molecule has 0 aliphatic carbocycles. The molecule has 1 atom stereocenters. The second-order valence-electron chi connectivity index (χ2n) is 7.72. The smallest absolute Gasteiger partial charge is 0.295 e. The van der Waals surface area contributed by atoms with E-state index in [0.717, 1.165) is 24.2 Å². The van der Waals surface area contributed by atoms with Gasteiger partial charge in [-0.15, -0.1) is 0 Å². The summed E-state index contributed by atoms with van der Waals surface area (Å²) in [4.78, 5) is 27.2. The standard InChI is InChI=1S/C25H28ClNO5/c1-4-5-13-32-20-11-8-18(15-16(20)2)23(28)21-22(17-6-9-19(26)10-7-17)27(12-14-31-3)25(30)24(21)29/h6-11,15,22,28H,4-5,12-14H2,1-3H3/b23-21+/t22-/m0/s1. The quantitative estimate of drug-likeness (QED) is 0.251. The highest BCUT2D eigenvalue weighted by atomic mass is 35.5. The van der Waals surface area contributed by atoms with Crippen LogP contribution in [0.4, 0.5) is 0 Å². The Balaban J connectivity index is 2.04. The zero-order valence-electron chi connectivity index (χ0n) is 18.6. The molecule has 6 nitrogen and oxygen atoms in total. The molecule has 1 saturated heterocycles. The van der Waals surface area contributed by atoms with Crippen molar-refractivity contribution in [3.8, 4) is 5.75 Å². The van der Waals surface area contributed by atoms with Crippen LogP contribution >= 0.6 is 11.6 Å². The fraction of sp³-hybridized carbons (Fsp3) is 0.360. The van der Waals surface area contributed by atoms with Crippen LogP contribution in [0, 0.1) is 6.92 Å². The van der Waals surface area contributed by atoms with Gasteiger partial charge >= 0.3 is 0 Å². The molecule has 7 heteroatoms. The van der Waals surface area contributed by atoms with Crippen molar-refractivity contribution in [1.29, 1.82) is 0 Å². The maximum absolute atomic E-state index is 13.0. The Hall–Kier alpha value is -2.83. The van der Waals surface area contributed by atoms with Crippen molar-refractivity contribution in [2.75, 3.05) is 26.9 Å². The largest absolute Gasteiger partial charge is 0.507 e. The van der Waals surface area contributed by atoms with Crippen molar-refractivity contribution in [2.45, 2.75) is 32.7 Å². The summed E-state index contributed by atoms with van der Waals surface area (Å²) in [6.45, 7) is 5.07. The van der Waals surface area contributed by atoms with E-state index in [0.29, 0.717) is 22.8 Å². The topological polar surface area (TPSA) is 76.1 Å². The van der Waals surface area contributed by atoms with Gasteiger partial charge in [0.1, 0.15) is 11.5 Å². The van der Waals surface area contributed by atoms with Gasteiger partial charge in [0.05, 0.1) is 24.8 Å². The highest BCUT2D eigenvalue weighted by Crippen LogP contribution is 2.40. The minimum atomic E-state index is -0.733. The molecule has 0 unspecified atom stereocenters. The number of likely N-dealkylation sites (tertiary alicyclic amines) is 1. The fourth-order valence-corrected chi connectivity index (χ4v) is 3.86. The lowest BCUT2D eigenvalue weighted by Gasteiger charge is -2.25. The number of nitrogens with zero attached hydrogens (tertiary/aromatic N) is 1. The van der Waals surface area contributed by atoms with Crippen molar-refractivity contribution in [3.63, 3.8) is 0 Å². The summed E-state index contributed by atoms with van der Waals surface area (Å²) in [6.07, 6.45) is 1.99. The van der Waals surface area contributed by atoms with Crippen LogP contribution < -0.4 is 4.74 Å². The number of ketones is 1. The Morgan fingerprint density at radius 2 is 1.84 bits per heavy atom. The second-order valence-corrected chi connectivity index (χ2v) is 8.16. The summed E-state index contributed by atoms with van der Waals surface area (Å²) >= 11 is 6.03. The van der Waals surface area contributed by atoms with Crippen LogP contribution in [0.15, 0.2) is 48.0 Å². The van der Waals surface area contributed by atoms with Crippen molar-refractivity contribution >= 4 is 29.1 Å². The Kier molecular flexibility index (Phi) is 7.94. The highest BCUT2D eigenvalue weighted by molar-refractivity contribution is 6.46. The molecule has 1 heterocycles. The maximum atomic E-state index is 13.0. The first-order valence-electron chi connectivity index (χ1n) is 10.7. The number of benzene rings is 2. The summed E-state index contributed by atoms with van der Waals surface area (Å²) in [5, 5.41) is 11.7. The number of methoxy groups -OCH3 is 1. The summed E-state index contributed by atoms with van der Waals surface area (Å²) in [7, 11) is 1.53. The van der Waals surface area contributed by atoms with E-state index in [1.807, 2.05) is 6.92 Å². The summed E-state index contributed by atoms with van der Waals surface area (Å²) < 4.78 is 10.9. The number of hydrogen-bond acceptors (Lipinski definition) is 5. The van der Waals surface area contributed by atoms with Crippen LogP contribution in [-0.2, 0) is 14.3 Å². The summed E-state index contributed by atoms with van der Waals surface area (Å²) in [5.41, 5.74) is 2.02. The van der Waals surface area contributed by atoms with E-state index in [1.54, 1.807) is 42.5 Å². The molecule has 1 amide bonds. The highest BCUT2D eigenvalue weighted by Gasteiger charge is 2.45. The van der Waals surface area contributed by atoms with Crippen molar-refractivity contribution < 1.29 is 24.2 Å². The molecule has 2 aromatic rings. The van der Waals surface area contributed by atoms with Gasteiger partial charge < -0.3 is 19.5 Å². The van der Waals surface area contributed by atoms with E-state index in [2.05, 4.69) is 6.92 Å². The van der Waals surface area contributed by atoms with E-state index in [9.17, 15) is 14.7 Å².